The molecule has 2 rings (SSSR count). The van der Waals surface area contributed by atoms with Gasteiger partial charge < -0.3 is 4.42 Å². The minimum Gasteiger partial charge on any atom is -0.465 e. The smallest absolute Gasteiger partial charge is 0.127 e. The molecule has 0 saturated heterocycles. The van der Waals surface area contributed by atoms with Crippen molar-refractivity contribution in [2.75, 3.05) is 0 Å². The van der Waals surface area contributed by atoms with Crippen LogP contribution < -0.4 is 0 Å². The van der Waals surface area contributed by atoms with Gasteiger partial charge in [0.1, 0.15) is 5.76 Å². The summed E-state index contributed by atoms with van der Waals surface area (Å²) in [4.78, 5) is 0. The van der Waals surface area contributed by atoms with Gasteiger partial charge in [0.2, 0.25) is 0 Å². The van der Waals surface area contributed by atoms with E-state index in [9.17, 15) is 0 Å². The zero-order chi connectivity index (χ0) is 10.5. The molecule has 0 saturated carbocycles. The fraction of sp³-hybridized carbons (Fsp3) is 0. The van der Waals surface area contributed by atoms with Crippen molar-refractivity contribution in [2.24, 2.45) is 0 Å². The largest absolute Gasteiger partial charge is 0.465 e. The summed E-state index contributed by atoms with van der Waals surface area (Å²) in [5.74, 6) is 0.690. The summed E-state index contributed by atoms with van der Waals surface area (Å²) in [6, 6.07) is 15.3. The predicted molar refractivity (Wildman–Crippen MR) is 58.6 cm³/mol. The molecule has 0 aliphatic carbocycles. The molecule has 2 aromatic rings. The maximum Gasteiger partial charge on any atom is 0.127 e. The van der Waals surface area contributed by atoms with E-state index in [2.05, 4.69) is 6.07 Å². The highest BCUT2D eigenvalue weighted by molar-refractivity contribution is 5.88. The topological polar surface area (TPSA) is 36.9 Å². The number of furan rings is 1. The van der Waals surface area contributed by atoms with Crippen molar-refractivity contribution < 1.29 is 4.42 Å². The normalized spacial score (nSPS) is 11.0. The van der Waals surface area contributed by atoms with Gasteiger partial charge >= 0.3 is 0 Å². The van der Waals surface area contributed by atoms with E-state index in [0.717, 1.165) is 5.56 Å². The average Bonchev–Trinajstić information content (AvgIpc) is 2.80. The summed E-state index contributed by atoms with van der Waals surface area (Å²) in [5.41, 5.74) is 1.50. The third-order valence-corrected chi connectivity index (χ3v) is 2.04. The molecular formula is C13H9NO. The van der Waals surface area contributed by atoms with E-state index < -0.39 is 0 Å². The van der Waals surface area contributed by atoms with E-state index in [-0.39, 0.29) is 0 Å². The van der Waals surface area contributed by atoms with E-state index in [1.807, 2.05) is 36.4 Å². The molecule has 1 aromatic heterocycles. The Labute approximate surface area is 88.1 Å². The highest BCUT2D eigenvalue weighted by Crippen LogP contribution is 2.17. The molecule has 0 spiro atoms. The predicted octanol–water partition coefficient (Wildman–Crippen LogP) is 3.34. The maximum atomic E-state index is 9.02. The van der Waals surface area contributed by atoms with E-state index in [1.165, 1.54) is 0 Å². The Balaban J connectivity index is 2.38. The molecule has 0 unspecified atom stereocenters. The van der Waals surface area contributed by atoms with Crippen LogP contribution in [-0.4, -0.2) is 0 Å². The first-order valence-electron chi connectivity index (χ1n) is 4.61. The first-order valence-corrected chi connectivity index (χ1v) is 4.61. The third-order valence-electron chi connectivity index (χ3n) is 2.04. The van der Waals surface area contributed by atoms with E-state index in [1.54, 1.807) is 18.4 Å². The molecule has 0 fully saturated rings. The van der Waals surface area contributed by atoms with Gasteiger partial charge in [-0.15, -0.1) is 0 Å². The van der Waals surface area contributed by atoms with Gasteiger partial charge in [-0.2, -0.15) is 5.26 Å². The molecule has 2 nitrogen and oxygen atoms in total. The standard InChI is InChI=1S/C13H9NO/c14-10-12(9-13-7-4-8-15-13)11-5-2-1-3-6-11/h1-9H. The first-order chi connectivity index (χ1) is 7.40. The molecule has 0 aliphatic heterocycles. The Morgan fingerprint density at radius 1 is 1.13 bits per heavy atom. The quantitative estimate of drug-likeness (QED) is 0.689. The van der Waals surface area contributed by atoms with Crippen LogP contribution in [0.4, 0.5) is 0 Å². The van der Waals surface area contributed by atoms with Crippen molar-refractivity contribution in [1.29, 1.82) is 5.26 Å². The lowest BCUT2D eigenvalue weighted by atomic mass is 10.1. The monoisotopic (exact) mass is 195 g/mol. The lowest BCUT2D eigenvalue weighted by Gasteiger charge is -1.96. The van der Waals surface area contributed by atoms with Crippen LogP contribution in [-0.2, 0) is 0 Å². The zero-order valence-electron chi connectivity index (χ0n) is 8.05. The van der Waals surface area contributed by atoms with Crippen LogP contribution in [0.25, 0.3) is 11.6 Å². The number of benzene rings is 1. The van der Waals surface area contributed by atoms with Gasteiger partial charge in [0, 0.05) is 0 Å². The fourth-order valence-electron chi connectivity index (χ4n) is 1.31. The molecule has 2 heteroatoms. The summed E-state index contributed by atoms with van der Waals surface area (Å²) in [5, 5.41) is 9.02. The third kappa shape index (κ3) is 2.15. The Morgan fingerprint density at radius 2 is 1.93 bits per heavy atom. The maximum absolute atomic E-state index is 9.02. The molecule has 0 aliphatic rings. The number of nitriles is 1. The Bertz CT molecular complexity index is 489. The lowest BCUT2D eigenvalue weighted by Crippen LogP contribution is -1.79. The van der Waals surface area contributed by atoms with Crippen LogP contribution >= 0.6 is 0 Å². The van der Waals surface area contributed by atoms with E-state index in [0.29, 0.717) is 11.3 Å². The van der Waals surface area contributed by atoms with Crippen LogP contribution in [0.15, 0.2) is 53.1 Å². The minimum absolute atomic E-state index is 0.602. The van der Waals surface area contributed by atoms with Gasteiger partial charge in [-0.1, -0.05) is 30.3 Å². The number of hydrogen-bond donors (Lipinski definition) is 0. The molecule has 1 heterocycles. The van der Waals surface area contributed by atoms with Gasteiger partial charge in [-0.05, 0) is 23.8 Å². The SMILES string of the molecule is N#CC(=Cc1ccco1)c1ccccc1. The summed E-state index contributed by atoms with van der Waals surface area (Å²) >= 11 is 0. The number of rotatable bonds is 2. The van der Waals surface area contributed by atoms with Crippen molar-refractivity contribution >= 4 is 11.6 Å². The fourth-order valence-corrected chi connectivity index (χ4v) is 1.31. The highest BCUT2D eigenvalue weighted by Gasteiger charge is 2.00. The first kappa shape index (κ1) is 9.29. The Morgan fingerprint density at radius 3 is 2.53 bits per heavy atom. The van der Waals surface area contributed by atoms with Gasteiger partial charge in [-0.3, -0.25) is 0 Å². The second-order valence-corrected chi connectivity index (χ2v) is 3.05. The number of allylic oxidation sites excluding steroid dienone is 1. The molecule has 0 bridgehead atoms. The Hall–Kier alpha value is -2.27. The van der Waals surface area contributed by atoms with Crippen LogP contribution in [0.2, 0.25) is 0 Å². The van der Waals surface area contributed by atoms with Gasteiger partial charge in [0.25, 0.3) is 0 Å². The summed E-state index contributed by atoms with van der Waals surface area (Å²) < 4.78 is 5.16. The van der Waals surface area contributed by atoms with Crippen molar-refractivity contribution in [3.05, 3.63) is 60.1 Å². The molecule has 0 atom stereocenters. The van der Waals surface area contributed by atoms with E-state index in [4.69, 9.17) is 9.68 Å². The number of nitrogens with zero attached hydrogens (tertiary/aromatic N) is 1. The molecule has 15 heavy (non-hydrogen) atoms. The molecule has 72 valence electrons. The van der Waals surface area contributed by atoms with Crippen LogP contribution in [0.3, 0.4) is 0 Å². The van der Waals surface area contributed by atoms with Gasteiger partial charge in [0.15, 0.2) is 0 Å². The van der Waals surface area contributed by atoms with E-state index >= 15 is 0 Å². The summed E-state index contributed by atoms with van der Waals surface area (Å²) in [7, 11) is 0. The van der Waals surface area contributed by atoms with Crippen LogP contribution in [0, 0.1) is 11.3 Å². The van der Waals surface area contributed by atoms with Crippen molar-refractivity contribution in [3.63, 3.8) is 0 Å². The van der Waals surface area contributed by atoms with Gasteiger partial charge in [0.05, 0.1) is 17.9 Å². The summed E-state index contributed by atoms with van der Waals surface area (Å²) in [6.45, 7) is 0. The molecule has 0 N–H and O–H groups in total. The Kier molecular flexibility index (Phi) is 2.66. The van der Waals surface area contributed by atoms with Crippen LogP contribution in [0.5, 0.6) is 0 Å². The highest BCUT2D eigenvalue weighted by atomic mass is 16.3. The summed E-state index contributed by atoms with van der Waals surface area (Å²) in [6.07, 6.45) is 3.32. The average molecular weight is 195 g/mol. The van der Waals surface area contributed by atoms with Crippen molar-refractivity contribution in [1.82, 2.24) is 0 Å². The van der Waals surface area contributed by atoms with Crippen LogP contribution in [0.1, 0.15) is 11.3 Å². The van der Waals surface area contributed by atoms with Gasteiger partial charge in [-0.25, -0.2) is 0 Å². The lowest BCUT2D eigenvalue weighted by molar-refractivity contribution is 0.557. The minimum atomic E-state index is 0.602. The second kappa shape index (κ2) is 4.30. The second-order valence-electron chi connectivity index (χ2n) is 3.05. The van der Waals surface area contributed by atoms with Crippen molar-refractivity contribution in [3.8, 4) is 6.07 Å². The molecular weight excluding hydrogens is 186 g/mol. The molecule has 0 radical (unpaired) electrons. The van der Waals surface area contributed by atoms with Crippen molar-refractivity contribution in [2.45, 2.75) is 0 Å². The molecule has 1 aromatic carbocycles. The number of hydrogen-bond acceptors (Lipinski definition) is 2. The molecule has 0 amide bonds. The zero-order valence-corrected chi connectivity index (χ0v) is 8.05.